The molecule has 0 atom stereocenters. The fourth-order valence-electron chi connectivity index (χ4n) is 2.91. The number of benzene rings is 2. The van der Waals surface area contributed by atoms with Gasteiger partial charge in [-0.15, -0.1) is 0 Å². The number of amides is 1. The summed E-state index contributed by atoms with van der Waals surface area (Å²) in [7, 11) is 1.52. The average Bonchev–Trinajstić information content (AvgIpc) is 3.09. The van der Waals surface area contributed by atoms with Crippen molar-refractivity contribution in [1.29, 1.82) is 0 Å². The summed E-state index contributed by atoms with van der Waals surface area (Å²) < 4.78 is 21.5. The maximum absolute atomic E-state index is 12.6. The number of aryl methyl sites for hydroxylation is 1. The number of hydrogen-bond acceptors (Lipinski definition) is 6. The van der Waals surface area contributed by atoms with Gasteiger partial charge in [-0.05, 0) is 37.6 Å². The average molecular weight is 397 g/mol. The topological polar surface area (TPSA) is 87.0 Å². The maximum Gasteiger partial charge on any atom is 0.375 e. The van der Waals surface area contributed by atoms with Gasteiger partial charge in [0.1, 0.15) is 11.3 Å². The van der Waals surface area contributed by atoms with Crippen molar-refractivity contribution in [1.82, 2.24) is 0 Å². The first-order valence-electron chi connectivity index (χ1n) is 9.23. The summed E-state index contributed by atoms with van der Waals surface area (Å²) in [5.41, 5.74) is 2.63. The second-order valence-electron chi connectivity index (χ2n) is 6.37. The van der Waals surface area contributed by atoms with E-state index in [0.717, 1.165) is 10.9 Å². The van der Waals surface area contributed by atoms with Crippen molar-refractivity contribution in [2.24, 2.45) is 0 Å². The van der Waals surface area contributed by atoms with Crippen LogP contribution in [0.5, 0.6) is 5.75 Å². The third kappa shape index (κ3) is 4.75. The van der Waals surface area contributed by atoms with E-state index in [-0.39, 0.29) is 12.4 Å². The van der Waals surface area contributed by atoms with Crippen LogP contribution < -0.4 is 10.1 Å². The number of furan rings is 1. The Labute approximate surface area is 168 Å². The zero-order chi connectivity index (χ0) is 20.8. The number of ether oxygens (including phenoxy) is 3. The van der Waals surface area contributed by atoms with E-state index in [4.69, 9.17) is 18.6 Å². The first-order chi connectivity index (χ1) is 14.0. The Balaban J connectivity index is 1.71. The maximum atomic E-state index is 12.6. The van der Waals surface area contributed by atoms with Crippen molar-refractivity contribution in [2.45, 2.75) is 20.5 Å². The predicted octanol–water partition coefficient (Wildman–Crippen LogP) is 4.08. The molecule has 29 heavy (non-hydrogen) atoms. The molecule has 2 aromatic carbocycles. The first kappa shape index (κ1) is 20.4. The van der Waals surface area contributed by atoms with Crippen molar-refractivity contribution in [3.63, 3.8) is 0 Å². The second kappa shape index (κ2) is 9.25. The molecule has 7 nitrogen and oxygen atoms in total. The molecule has 1 heterocycles. The van der Waals surface area contributed by atoms with Crippen LogP contribution in [-0.2, 0) is 20.9 Å². The predicted molar refractivity (Wildman–Crippen MR) is 108 cm³/mol. The number of anilines is 1. The molecule has 0 saturated heterocycles. The number of fused-ring (bicyclic) bond motifs is 1. The Morgan fingerprint density at radius 2 is 1.93 bits per heavy atom. The second-order valence-corrected chi connectivity index (χ2v) is 6.37. The smallest absolute Gasteiger partial charge is 0.375 e. The van der Waals surface area contributed by atoms with Crippen LogP contribution >= 0.6 is 0 Å². The lowest BCUT2D eigenvalue weighted by molar-refractivity contribution is -0.119. The lowest BCUT2D eigenvalue weighted by Crippen LogP contribution is -2.21. The number of carbonyl (C=O) groups is 2. The van der Waals surface area contributed by atoms with E-state index in [1.165, 1.54) is 7.11 Å². The number of rotatable bonds is 8. The summed E-state index contributed by atoms with van der Waals surface area (Å²) in [5, 5.41) is 3.47. The van der Waals surface area contributed by atoms with Gasteiger partial charge in [-0.25, -0.2) is 4.79 Å². The van der Waals surface area contributed by atoms with Crippen LogP contribution in [-0.4, -0.2) is 32.2 Å². The third-order valence-corrected chi connectivity index (χ3v) is 4.30. The van der Waals surface area contributed by atoms with Crippen LogP contribution in [0.25, 0.3) is 11.0 Å². The lowest BCUT2D eigenvalue weighted by Gasteiger charge is -2.11. The van der Waals surface area contributed by atoms with Gasteiger partial charge in [0.05, 0.1) is 19.4 Å². The van der Waals surface area contributed by atoms with Crippen molar-refractivity contribution in [2.75, 3.05) is 25.6 Å². The summed E-state index contributed by atoms with van der Waals surface area (Å²) in [6.07, 6.45) is 0. The first-order valence-corrected chi connectivity index (χ1v) is 9.23. The molecule has 1 N–H and O–H groups in total. The van der Waals surface area contributed by atoms with Gasteiger partial charge in [0.25, 0.3) is 5.91 Å². The van der Waals surface area contributed by atoms with E-state index in [1.54, 1.807) is 18.2 Å². The Morgan fingerprint density at radius 1 is 1.14 bits per heavy atom. The molecular weight excluding hydrogens is 374 g/mol. The van der Waals surface area contributed by atoms with E-state index in [1.807, 2.05) is 38.1 Å². The van der Waals surface area contributed by atoms with Crippen molar-refractivity contribution in [3.8, 4) is 5.75 Å². The van der Waals surface area contributed by atoms with Gasteiger partial charge in [-0.3, -0.25) is 4.79 Å². The molecule has 0 unspecified atom stereocenters. The number of methoxy groups -OCH3 is 1. The van der Waals surface area contributed by atoms with E-state index in [2.05, 4.69) is 5.32 Å². The minimum atomic E-state index is -0.720. The number of para-hydroxylation sites is 1. The van der Waals surface area contributed by atoms with E-state index in [9.17, 15) is 9.59 Å². The van der Waals surface area contributed by atoms with Gasteiger partial charge in [-0.2, -0.15) is 0 Å². The standard InChI is InChI=1S/C22H23NO6/c1-4-27-12-16-15-7-5-6-8-18(15)29-21(16)22(25)28-13-20(24)23-17-11-14(2)9-10-19(17)26-3/h5-11H,4,12-13H2,1-3H3,(H,23,24). The van der Waals surface area contributed by atoms with Gasteiger partial charge in [0.2, 0.25) is 5.76 Å². The molecule has 0 spiro atoms. The number of nitrogens with one attached hydrogen (secondary N) is 1. The van der Waals surface area contributed by atoms with Crippen LogP contribution in [0.2, 0.25) is 0 Å². The minimum absolute atomic E-state index is 0.0422. The van der Waals surface area contributed by atoms with Crippen molar-refractivity contribution >= 4 is 28.5 Å². The summed E-state index contributed by atoms with van der Waals surface area (Å²) in [6.45, 7) is 4.02. The van der Waals surface area contributed by atoms with Crippen molar-refractivity contribution < 1.29 is 28.2 Å². The Bertz CT molecular complexity index is 1020. The molecule has 152 valence electrons. The molecule has 1 amide bonds. The van der Waals surface area contributed by atoms with Crippen LogP contribution in [0.15, 0.2) is 46.9 Å². The van der Waals surface area contributed by atoms with E-state index in [0.29, 0.717) is 29.2 Å². The van der Waals surface area contributed by atoms with E-state index < -0.39 is 18.5 Å². The fraction of sp³-hybridized carbons (Fsp3) is 0.273. The molecule has 0 aliphatic rings. The monoisotopic (exact) mass is 397 g/mol. The SMILES string of the molecule is CCOCc1c(C(=O)OCC(=O)Nc2cc(C)ccc2OC)oc2ccccc12. The highest BCUT2D eigenvalue weighted by Crippen LogP contribution is 2.28. The van der Waals surface area contributed by atoms with Crippen molar-refractivity contribution in [3.05, 3.63) is 59.4 Å². The molecule has 0 radical (unpaired) electrons. The Hall–Kier alpha value is -3.32. The Morgan fingerprint density at radius 3 is 2.69 bits per heavy atom. The lowest BCUT2D eigenvalue weighted by atomic mass is 10.1. The summed E-state index contributed by atoms with van der Waals surface area (Å²) in [6, 6.07) is 12.7. The molecule has 3 aromatic rings. The summed E-state index contributed by atoms with van der Waals surface area (Å²) >= 11 is 0. The summed E-state index contributed by atoms with van der Waals surface area (Å²) in [5.74, 6) is -0.640. The molecule has 0 aliphatic heterocycles. The van der Waals surface area contributed by atoms with Gasteiger partial charge in [-0.1, -0.05) is 24.3 Å². The molecule has 0 aliphatic carbocycles. The van der Waals surface area contributed by atoms with Gasteiger partial charge < -0.3 is 23.9 Å². The number of esters is 1. The zero-order valence-electron chi connectivity index (χ0n) is 16.6. The molecule has 7 heteroatoms. The molecule has 0 fully saturated rings. The molecule has 3 rings (SSSR count). The third-order valence-electron chi connectivity index (χ3n) is 4.30. The normalized spacial score (nSPS) is 10.7. The van der Waals surface area contributed by atoms with Gasteiger partial charge >= 0.3 is 5.97 Å². The quantitative estimate of drug-likeness (QED) is 0.576. The number of hydrogen-bond donors (Lipinski definition) is 1. The highest BCUT2D eigenvalue weighted by Gasteiger charge is 2.22. The highest BCUT2D eigenvalue weighted by atomic mass is 16.5. The van der Waals surface area contributed by atoms with E-state index >= 15 is 0 Å². The van der Waals surface area contributed by atoms with Gasteiger partial charge in [0.15, 0.2) is 6.61 Å². The largest absolute Gasteiger partial charge is 0.495 e. The molecular formula is C22H23NO6. The van der Waals surface area contributed by atoms with Crippen LogP contribution in [0, 0.1) is 6.92 Å². The number of carbonyl (C=O) groups excluding carboxylic acids is 2. The molecule has 0 saturated carbocycles. The Kier molecular flexibility index (Phi) is 6.51. The van der Waals surface area contributed by atoms with Gasteiger partial charge in [0, 0.05) is 17.6 Å². The minimum Gasteiger partial charge on any atom is -0.495 e. The fourth-order valence-corrected chi connectivity index (χ4v) is 2.91. The van der Waals surface area contributed by atoms with Crippen LogP contribution in [0.1, 0.15) is 28.6 Å². The highest BCUT2D eigenvalue weighted by molar-refractivity contribution is 5.98. The summed E-state index contributed by atoms with van der Waals surface area (Å²) in [4.78, 5) is 24.8. The zero-order valence-corrected chi connectivity index (χ0v) is 16.6. The van der Waals surface area contributed by atoms with Crippen LogP contribution in [0.4, 0.5) is 5.69 Å². The molecule has 1 aromatic heterocycles. The molecule has 0 bridgehead atoms. The van der Waals surface area contributed by atoms with Crippen LogP contribution in [0.3, 0.4) is 0 Å².